The fraction of sp³-hybridized carbons (Fsp3) is 0.500. The lowest BCUT2D eigenvalue weighted by Gasteiger charge is -2.33. The largest absolute Gasteiger partial charge is 0.444 e. The van der Waals surface area contributed by atoms with Crippen LogP contribution in [0.1, 0.15) is 57.7 Å². The number of rotatable bonds is 11. The number of thioether (sulfide) groups is 1. The molecule has 1 heterocycles. The Kier molecular flexibility index (Phi) is 11.6. The maximum atomic E-state index is 13.8. The first kappa shape index (κ1) is 33.9. The van der Waals surface area contributed by atoms with E-state index in [1.54, 1.807) is 20.8 Å². The highest BCUT2D eigenvalue weighted by molar-refractivity contribution is 8.00. The lowest BCUT2D eigenvalue weighted by Crippen LogP contribution is -2.58. The van der Waals surface area contributed by atoms with Crippen molar-refractivity contribution in [2.24, 2.45) is 0 Å². The monoisotopic (exact) mass is 612 g/mol. The molecule has 4 amide bonds. The summed E-state index contributed by atoms with van der Waals surface area (Å²) in [6, 6.07) is 15.2. The van der Waals surface area contributed by atoms with Crippen LogP contribution in [0, 0.1) is 6.92 Å². The van der Waals surface area contributed by atoms with Crippen molar-refractivity contribution in [1.82, 2.24) is 20.9 Å². The number of carbonyl (C=O) groups is 4. The van der Waals surface area contributed by atoms with E-state index >= 15 is 0 Å². The van der Waals surface area contributed by atoms with Crippen molar-refractivity contribution >= 4 is 35.6 Å². The first-order valence-electron chi connectivity index (χ1n) is 14.4. The van der Waals surface area contributed by atoms with Gasteiger partial charge < -0.3 is 30.7 Å². The van der Waals surface area contributed by atoms with E-state index in [0.29, 0.717) is 6.54 Å². The van der Waals surface area contributed by atoms with E-state index in [4.69, 9.17) is 4.74 Å². The summed E-state index contributed by atoms with van der Waals surface area (Å²) in [7, 11) is 0. The highest BCUT2D eigenvalue weighted by Gasteiger charge is 2.49. The van der Waals surface area contributed by atoms with Gasteiger partial charge in [0.1, 0.15) is 11.6 Å². The molecule has 0 aliphatic carbocycles. The van der Waals surface area contributed by atoms with Gasteiger partial charge >= 0.3 is 6.09 Å². The number of nitrogens with zero attached hydrogens (tertiary/aromatic N) is 1. The molecule has 0 radical (unpaired) electrons. The number of benzene rings is 2. The molecule has 11 heteroatoms. The first-order chi connectivity index (χ1) is 20.2. The summed E-state index contributed by atoms with van der Waals surface area (Å²) in [6.45, 7) is 11.3. The Bertz CT molecular complexity index is 1280. The minimum atomic E-state index is -1.61. The van der Waals surface area contributed by atoms with Crippen LogP contribution in [0.5, 0.6) is 0 Å². The smallest absolute Gasteiger partial charge is 0.407 e. The Morgan fingerprint density at radius 2 is 1.70 bits per heavy atom. The van der Waals surface area contributed by atoms with Gasteiger partial charge in [-0.15, -0.1) is 11.8 Å². The summed E-state index contributed by atoms with van der Waals surface area (Å²) in [5, 5.41) is 19.6. The molecule has 3 rings (SSSR count). The Labute approximate surface area is 258 Å². The van der Waals surface area contributed by atoms with Crippen LogP contribution in [-0.2, 0) is 32.1 Å². The third kappa shape index (κ3) is 10.00. The van der Waals surface area contributed by atoms with Crippen LogP contribution in [0.2, 0.25) is 0 Å². The molecule has 1 saturated heterocycles. The van der Waals surface area contributed by atoms with E-state index in [9.17, 15) is 24.3 Å². The molecule has 1 fully saturated rings. The molecule has 1 aliphatic rings. The Balaban J connectivity index is 1.71. The second-order valence-electron chi connectivity index (χ2n) is 12.2. The number of hydrogen-bond acceptors (Lipinski definition) is 7. The predicted octanol–water partition coefficient (Wildman–Crippen LogP) is 3.29. The average molecular weight is 613 g/mol. The average Bonchev–Trinajstić information content (AvgIpc) is 3.25. The van der Waals surface area contributed by atoms with Crippen LogP contribution in [0.3, 0.4) is 0 Å². The van der Waals surface area contributed by atoms with Gasteiger partial charge in [0.25, 0.3) is 5.91 Å². The highest BCUT2D eigenvalue weighted by Crippen LogP contribution is 2.40. The molecule has 10 nitrogen and oxygen atoms in total. The number of nitrogens with one attached hydrogen (secondary N) is 3. The number of carbonyl (C=O) groups excluding carboxylic acids is 4. The number of aliphatic hydroxyl groups excluding tert-OH is 1. The molecule has 0 saturated carbocycles. The lowest BCUT2D eigenvalue weighted by atomic mass is 9.97. The second kappa shape index (κ2) is 14.7. The summed E-state index contributed by atoms with van der Waals surface area (Å²) in [5.41, 5.74) is 2.17. The molecule has 0 aromatic heterocycles. The van der Waals surface area contributed by atoms with Gasteiger partial charge in [0.15, 0.2) is 6.10 Å². The van der Waals surface area contributed by atoms with Gasteiger partial charge in [-0.25, -0.2) is 4.79 Å². The zero-order chi connectivity index (χ0) is 31.8. The van der Waals surface area contributed by atoms with Crippen molar-refractivity contribution in [2.75, 3.05) is 12.4 Å². The van der Waals surface area contributed by atoms with E-state index < -0.39 is 46.4 Å². The highest BCUT2D eigenvalue weighted by atomic mass is 32.2. The van der Waals surface area contributed by atoms with Crippen molar-refractivity contribution in [2.45, 2.75) is 89.5 Å². The second-order valence-corrected chi connectivity index (χ2v) is 13.8. The van der Waals surface area contributed by atoms with Crippen LogP contribution in [0.25, 0.3) is 0 Å². The fourth-order valence-electron chi connectivity index (χ4n) is 4.82. The van der Waals surface area contributed by atoms with Crippen molar-refractivity contribution in [1.29, 1.82) is 0 Å². The van der Waals surface area contributed by atoms with Crippen molar-refractivity contribution in [3.8, 4) is 0 Å². The molecule has 3 atom stereocenters. The maximum Gasteiger partial charge on any atom is 0.407 e. The Morgan fingerprint density at radius 3 is 2.35 bits per heavy atom. The molecule has 43 heavy (non-hydrogen) atoms. The Hall–Kier alpha value is -3.57. The minimum absolute atomic E-state index is 0.0168. The van der Waals surface area contributed by atoms with Crippen LogP contribution in [-0.4, -0.2) is 74.8 Å². The number of aryl methyl sites for hydroxylation is 1. The van der Waals surface area contributed by atoms with Crippen molar-refractivity contribution < 1.29 is 29.0 Å². The normalized spacial score (nSPS) is 17.5. The molecular weight excluding hydrogens is 568 g/mol. The number of ether oxygens (including phenoxy) is 1. The third-order valence-electron chi connectivity index (χ3n) is 7.09. The standard InChI is InChI=1S/C32H44N4O6S/c1-21-12-10-11-15-23(21)19-34-28(39)27-32(5,6)43-20-36(27)29(40)26(38)24(18-22-13-8-7-9-14-22)35-25(37)16-17-33-30(41)42-31(2,3)4/h7-15,24,26-27,38H,16-20H2,1-6H3,(H,33,41)(H,34,39)(H,35,37)/t24-,26-,27+/m0/s1. The van der Waals surface area contributed by atoms with E-state index in [0.717, 1.165) is 16.7 Å². The van der Waals surface area contributed by atoms with Crippen molar-refractivity contribution in [3.05, 3.63) is 71.3 Å². The number of hydrogen-bond donors (Lipinski definition) is 4. The third-order valence-corrected chi connectivity index (χ3v) is 8.47. The quantitative estimate of drug-likeness (QED) is 0.306. The number of aliphatic hydroxyl groups is 1. The topological polar surface area (TPSA) is 137 Å². The van der Waals surface area contributed by atoms with Crippen LogP contribution in [0.15, 0.2) is 54.6 Å². The SMILES string of the molecule is Cc1ccccc1CNC(=O)[C@H]1N(C(=O)[C@@H](O)[C@H](Cc2ccccc2)NC(=O)CCNC(=O)OC(C)(C)C)CSC1(C)C. The molecule has 234 valence electrons. The molecule has 4 N–H and O–H groups in total. The van der Waals surface area contributed by atoms with Gasteiger partial charge in [-0.1, -0.05) is 54.6 Å². The summed E-state index contributed by atoms with van der Waals surface area (Å²) in [6.07, 6.45) is -2.14. The zero-order valence-electron chi connectivity index (χ0n) is 25.8. The molecule has 0 spiro atoms. The molecule has 2 aromatic rings. The van der Waals surface area contributed by atoms with Crippen LogP contribution >= 0.6 is 11.8 Å². The zero-order valence-corrected chi connectivity index (χ0v) is 26.6. The van der Waals surface area contributed by atoms with E-state index in [2.05, 4.69) is 16.0 Å². The summed E-state index contributed by atoms with van der Waals surface area (Å²) in [4.78, 5) is 53.5. The minimum Gasteiger partial charge on any atom is -0.444 e. The summed E-state index contributed by atoms with van der Waals surface area (Å²) < 4.78 is 4.59. The van der Waals surface area contributed by atoms with Gasteiger partial charge in [0.05, 0.1) is 11.9 Å². The maximum absolute atomic E-state index is 13.8. The molecule has 1 aliphatic heterocycles. The molecule has 2 aromatic carbocycles. The lowest BCUT2D eigenvalue weighted by molar-refractivity contribution is -0.147. The van der Waals surface area contributed by atoms with Crippen molar-refractivity contribution in [3.63, 3.8) is 0 Å². The number of amides is 4. The van der Waals surface area contributed by atoms with E-state index in [1.165, 1.54) is 16.7 Å². The van der Waals surface area contributed by atoms with Gasteiger partial charge in [-0.2, -0.15) is 0 Å². The van der Waals surface area contributed by atoms with Gasteiger partial charge in [-0.05, 0) is 64.7 Å². The fourth-order valence-corrected chi connectivity index (χ4v) is 5.96. The summed E-state index contributed by atoms with van der Waals surface area (Å²) >= 11 is 1.46. The summed E-state index contributed by atoms with van der Waals surface area (Å²) in [5.74, 6) is -1.18. The van der Waals surface area contributed by atoms with Gasteiger partial charge in [0, 0.05) is 24.3 Å². The van der Waals surface area contributed by atoms with Crippen LogP contribution in [0.4, 0.5) is 4.79 Å². The van der Waals surface area contributed by atoms with Gasteiger partial charge in [0.2, 0.25) is 11.8 Å². The molecular formula is C32H44N4O6S. The Morgan fingerprint density at radius 1 is 1.05 bits per heavy atom. The molecule has 0 unspecified atom stereocenters. The van der Waals surface area contributed by atoms with Crippen LogP contribution < -0.4 is 16.0 Å². The first-order valence-corrected chi connectivity index (χ1v) is 15.4. The van der Waals surface area contributed by atoms with E-state index in [-0.39, 0.29) is 31.2 Å². The molecule has 0 bridgehead atoms. The van der Waals surface area contributed by atoms with E-state index in [1.807, 2.05) is 75.4 Å². The van der Waals surface area contributed by atoms with Gasteiger partial charge in [-0.3, -0.25) is 14.4 Å². The number of alkyl carbamates (subject to hydrolysis) is 1. The predicted molar refractivity (Wildman–Crippen MR) is 167 cm³/mol.